The van der Waals surface area contributed by atoms with Crippen molar-refractivity contribution in [3.63, 3.8) is 0 Å². The van der Waals surface area contributed by atoms with Crippen LogP contribution in [0, 0.1) is 17.5 Å². The molecule has 1 aliphatic rings. The van der Waals surface area contributed by atoms with Gasteiger partial charge in [0.1, 0.15) is 5.82 Å². The Morgan fingerprint density at radius 3 is 2.50 bits per heavy atom. The van der Waals surface area contributed by atoms with Crippen LogP contribution in [0.3, 0.4) is 0 Å². The second-order valence-electron chi connectivity index (χ2n) is 6.38. The van der Waals surface area contributed by atoms with Gasteiger partial charge in [-0.05, 0) is 49.8 Å². The van der Waals surface area contributed by atoms with Gasteiger partial charge in [0.05, 0.1) is 22.3 Å². The third-order valence-electron chi connectivity index (χ3n) is 4.35. The average Bonchev–Trinajstić information content (AvgIpc) is 2.68. The van der Waals surface area contributed by atoms with Crippen molar-refractivity contribution in [3.8, 4) is 0 Å². The monoisotopic (exact) mass is 433 g/mol. The van der Waals surface area contributed by atoms with Crippen LogP contribution < -0.4 is 5.48 Å². The lowest BCUT2D eigenvalue weighted by molar-refractivity contribution is 0.0820. The van der Waals surface area contributed by atoms with E-state index in [4.69, 9.17) is 16.4 Å². The van der Waals surface area contributed by atoms with Crippen LogP contribution in [0.1, 0.15) is 45.4 Å². The van der Waals surface area contributed by atoms with E-state index in [-0.39, 0.29) is 4.90 Å². The lowest BCUT2D eigenvalue weighted by atomic mass is 9.89. The summed E-state index contributed by atoms with van der Waals surface area (Å²) in [6, 6.07) is 1.08. The molecule has 2 rings (SSSR count). The zero-order valence-electron chi connectivity index (χ0n) is 15.6. The molecular weight excluding hydrogens is 411 g/mol. The molecule has 3 nitrogen and oxygen atoms in total. The molecule has 1 N–H and O–H groups in total. The fourth-order valence-electron chi connectivity index (χ4n) is 2.93. The molecule has 1 atom stereocenters. The number of hydrogen-bond acceptors (Lipinski definition) is 3. The standard InChI is InChI=1S/C20H23ClF3NO2S/c1-2-4-19(25-27-10-3-9-21)15-7-5-14(6-8-15)13-28(26)20-12-17(23)16(22)11-18(20)24/h3,9,11-13,25H,2,4-8,10H2,1H3. The molecule has 28 heavy (non-hydrogen) atoms. The maximum Gasteiger partial charge on any atom is 0.161 e. The third-order valence-corrected chi connectivity index (χ3v) is 5.82. The van der Waals surface area contributed by atoms with Crippen molar-refractivity contribution >= 4 is 22.4 Å². The summed E-state index contributed by atoms with van der Waals surface area (Å²) >= 11 is 5.46. The molecule has 0 radical (unpaired) electrons. The maximum absolute atomic E-state index is 13.8. The Kier molecular flexibility index (Phi) is 9.28. The van der Waals surface area contributed by atoms with Gasteiger partial charge in [-0.2, -0.15) is 0 Å². The zero-order valence-corrected chi connectivity index (χ0v) is 17.1. The molecule has 0 saturated heterocycles. The molecule has 1 unspecified atom stereocenters. The summed E-state index contributed by atoms with van der Waals surface area (Å²) < 4.78 is 52.5. The Balaban J connectivity index is 2.04. The van der Waals surface area contributed by atoms with Crippen molar-refractivity contribution in [2.75, 3.05) is 6.61 Å². The fraction of sp³-hybridized carbons (Fsp3) is 0.400. The van der Waals surface area contributed by atoms with Gasteiger partial charge in [0, 0.05) is 22.7 Å². The molecule has 1 aliphatic carbocycles. The molecule has 1 fully saturated rings. The summed E-state index contributed by atoms with van der Waals surface area (Å²) in [4.78, 5) is 5.03. The van der Waals surface area contributed by atoms with Crippen molar-refractivity contribution in [2.24, 2.45) is 0 Å². The summed E-state index contributed by atoms with van der Waals surface area (Å²) in [6.07, 6.45) is 6.36. The van der Waals surface area contributed by atoms with Crippen molar-refractivity contribution in [1.29, 1.82) is 0 Å². The molecule has 0 amide bonds. The summed E-state index contributed by atoms with van der Waals surface area (Å²) in [7, 11) is -1.86. The number of hydroxylamine groups is 1. The molecule has 1 aromatic carbocycles. The first-order valence-electron chi connectivity index (χ1n) is 9.04. The molecule has 0 heterocycles. The highest BCUT2D eigenvalue weighted by molar-refractivity contribution is 7.88. The molecule has 8 heteroatoms. The van der Waals surface area contributed by atoms with Gasteiger partial charge in [-0.25, -0.2) is 17.4 Å². The Bertz CT molecular complexity index is 797. The minimum atomic E-state index is -1.86. The quantitative estimate of drug-likeness (QED) is 0.310. The number of allylic oxidation sites excluding steroid dienone is 3. The van der Waals surface area contributed by atoms with E-state index in [1.165, 1.54) is 16.5 Å². The number of nitrogens with one attached hydrogen (secondary N) is 1. The van der Waals surface area contributed by atoms with E-state index in [0.29, 0.717) is 31.6 Å². The molecule has 0 bridgehead atoms. The van der Waals surface area contributed by atoms with E-state index in [1.54, 1.807) is 6.08 Å². The lowest BCUT2D eigenvalue weighted by Gasteiger charge is -2.22. The van der Waals surface area contributed by atoms with E-state index in [0.717, 1.165) is 37.0 Å². The van der Waals surface area contributed by atoms with Gasteiger partial charge in [0.25, 0.3) is 0 Å². The van der Waals surface area contributed by atoms with E-state index in [1.807, 2.05) is 0 Å². The van der Waals surface area contributed by atoms with Crippen LogP contribution in [0.4, 0.5) is 13.2 Å². The molecule has 1 aromatic rings. The van der Waals surface area contributed by atoms with Crippen LogP contribution in [0.25, 0.3) is 0 Å². The van der Waals surface area contributed by atoms with Gasteiger partial charge in [-0.3, -0.25) is 10.3 Å². The highest BCUT2D eigenvalue weighted by atomic mass is 35.5. The van der Waals surface area contributed by atoms with Gasteiger partial charge < -0.3 is 0 Å². The minimum Gasteiger partial charge on any atom is -0.272 e. The lowest BCUT2D eigenvalue weighted by Crippen LogP contribution is -2.17. The van der Waals surface area contributed by atoms with Crippen molar-refractivity contribution in [1.82, 2.24) is 5.48 Å². The Labute approximate surface area is 170 Å². The maximum atomic E-state index is 13.8. The second kappa shape index (κ2) is 11.4. The number of hydrogen-bond donors (Lipinski definition) is 1. The SMILES string of the molecule is CCCC(NOCC=CCl)=C1CCC(=CS(=O)c2cc(F)c(F)cc2F)CC1. The summed E-state index contributed by atoms with van der Waals surface area (Å²) in [5.74, 6) is -3.52. The first-order valence-corrected chi connectivity index (χ1v) is 10.7. The van der Waals surface area contributed by atoms with Crippen LogP contribution in [0.2, 0.25) is 0 Å². The first-order chi connectivity index (χ1) is 13.5. The smallest absolute Gasteiger partial charge is 0.161 e. The fourth-order valence-corrected chi connectivity index (χ4v) is 4.14. The number of rotatable bonds is 8. The molecule has 0 aliphatic heterocycles. The Hall–Kier alpha value is -1.57. The van der Waals surface area contributed by atoms with Gasteiger partial charge >= 0.3 is 0 Å². The van der Waals surface area contributed by atoms with E-state index >= 15 is 0 Å². The van der Waals surface area contributed by atoms with Crippen molar-refractivity contribution < 1.29 is 22.2 Å². The molecule has 0 spiro atoms. The summed E-state index contributed by atoms with van der Waals surface area (Å²) in [5, 5.41) is 1.45. The second-order valence-corrected chi connectivity index (χ2v) is 7.90. The van der Waals surface area contributed by atoms with Gasteiger partial charge in [-0.1, -0.05) is 30.5 Å². The minimum absolute atomic E-state index is 0.346. The van der Waals surface area contributed by atoms with Gasteiger partial charge in [0.2, 0.25) is 0 Å². The predicted octanol–water partition coefficient (Wildman–Crippen LogP) is 6.00. The number of halogens is 4. The van der Waals surface area contributed by atoms with Crippen LogP contribution in [-0.2, 0) is 15.6 Å². The molecule has 0 aromatic heterocycles. The molecule has 1 saturated carbocycles. The normalized spacial score (nSPS) is 15.8. The Morgan fingerprint density at radius 2 is 1.86 bits per heavy atom. The summed E-state index contributed by atoms with van der Waals surface area (Å²) in [5.41, 5.74) is 7.56. The third kappa shape index (κ3) is 6.50. The average molecular weight is 434 g/mol. The van der Waals surface area contributed by atoms with E-state index < -0.39 is 28.3 Å². The van der Waals surface area contributed by atoms with Crippen LogP contribution in [0.15, 0.2) is 50.9 Å². The topological polar surface area (TPSA) is 38.3 Å². The first kappa shape index (κ1) is 22.7. The predicted molar refractivity (Wildman–Crippen MR) is 105 cm³/mol. The highest BCUT2D eigenvalue weighted by Gasteiger charge is 2.18. The number of benzene rings is 1. The Morgan fingerprint density at radius 1 is 1.18 bits per heavy atom. The molecule has 154 valence electrons. The molecular formula is C20H23ClF3NO2S. The van der Waals surface area contributed by atoms with Crippen molar-refractivity contribution in [2.45, 2.75) is 50.3 Å². The zero-order chi connectivity index (χ0) is 20.5. The van der Waals surface area contributed by atoms with E-state index in [2.05, 4.69) is 12.4 Å². The van der Waals surface area contributed by atoms with Gasteiger partial charge in [-0.15, -0.1) is 0 Å². The van der Waals surface area contributed by atoms with Crippen LogP contribution >= 0.6 is 11.6 Å². The van der Waals surface area contributed by atoms with Crippen LogP contribution in [-0.4, -0.2) is 10.8 Å². The van der Waals surface area contributed by atoms with Gasteiger partial charge in [0.15, 0.2) is 11.6 Å². The van der Waals surface area contributed by atoms with Crippen molar-refractivity contribution in [3.05, 3.63) is 63.4 Å². The van der Waals surface area contributed by atoms with Crippen LogP contribution in [0.5, 0.6) is 0 Å². The van der Waals surface area contributed by atoms with E-state index in [9.17, 15) is 17.4 Å². The highest BCUT2D eigenvalue weighted by Crippen LogP contribution is 2.31. The largest absolute Gasteiger partial charge is 0.272 e. The summed E-state index contributed by atoms with van der Waals surface area (Å²) in [6.45, 7) is 2.43.